The number of carbonyl (C=O) groups excluding carboxylic acids is 8. The Bertz CT molecular complexity index is 1650. The summed E-state index contributed by atoms with van der Waals surface area (Å²) in [5, 5.41) is 32.7. The highest BCUT2D eigenvalue weighted by Gasteiger charge is 2.33. The van der Waals surface area contributed by atoms with Crippen LogP contribution < -0.4 is 71.2 Å². The molecule has 0 aliphatic carbocycles. The lowest BCUT2D eigenvalue weighted by Gasteiger charge is -2.28. The molecule has 1 aliphatic rings. The van der Waals surface area contributed by atoms with Crippen LogP contribution in [0.15, 0.2) is 0 Å². The van der Waals surface area contributed by atoms with Crippen molar-refractivity contribution in [2.75, 3.05) is 45.8 Å². The van der Waals surface area contributed by atoms with Crippen molar-refractivity contribution in [1.82, 2.24) is 42.5 Å². The highest BCUT2D eigenvalue weighted by atomic mass is 16.3. The van der Waals surface area contributed by atoms with Crippen molar-refractivity contribution in [2.45, 2.75) is 255 Å². The van der Waals surface area contributed by atoms with Crippen LogP contribution in [0.4, 0.5) is 0 Å². The molecule has 0 bridgehead atoms. The number of carbonyl (C=O) groups is 8. The molecule has 0 aromatic carbocycles. The van der Waals surface area contributed by atoms with Crippen LogP contribution in [0.25, 0.3) is 0 Å². The van der Waals surface area contributed by atoms with Crippen molar-refractivity contribution in [1.29, 1.82) is 0 Å². The zero-order valence-corrected chi connectivity index (χ0v) is 47.2. The molecule has 1 aliphatic heterocycles. The summed E-state index contributed by atoms with van der Waals surface area (Å²) in [6, 6.07) is -6.68. The van der Waals surface area contributed by atoms with E-state index in [2.05, 4.69) is 49.5 Å². The smallest absolute Gasteiger partial charge is 0.243 e. The van der Waals surface area contributed by atoms with E-state index in [1.54, 1.807) is 0 Å². The lowest BCUT2D eigenvalue weighted by molar-refractivity contribution is -0.135. The average Bonchev–Trinajstić information content (AvgIpc) is 3.40. The number of hydrogen-bond donors (Lipinski definition) is 14. The first-order chi connectivity index (χ1) is 37.2. The Morgan fingerprint density at radius 3 is 1.36 bits per heavy atom. The van der Waals surface area contributed by atoms with E-state index in [-0.39, 0.29) is 58.0 Å². The van der Waals surface area contributed by atoms with Gasteiger partial charge < -0.3 is 76.3 Å². The molecule has 1 heterocycles. The maximum atomic E-state index is 14.3. The Balaban J connectivity index is 3.22. The number of unbranched alkanes of at least 4 members (excludes halogenated alkanes) is 16. The summed E-state index contributed by atoms with van der Waals surface area (Å²) in [6.45, 7) is 3.55. The number of hydrogen-bond acceptors (Lipinski definition) is 14. The molecule has 19 N–H and O–H groups in total. The van der Waals surface area contributed by atoms with Crippen LogP contribution in [0.5, 0.6) is 0 Å². The van der Waals surface area contributed by atoms with Gasteiger partial charge in [0.15, 0.2) is 0 Å². The summed E-state index contributed by atoms with van der Waals surface area (Å²) in [5.41, 5.74) is 28.9. The van der Waals surface area contributed by atoms with Crippen LogP contribution in [0.1, 0.15) is 212 Å². The molecule has 3 unspecified atom stereocenters. The van der Waals surface area contributed by atoms with E-state index in [0.717, 1.165) is 25.7 Å². The maximum Gasteiger partial charge on any atom is 0.243 e. The summed E-state index contributed by atoms with van der Waals surface area (Å²) in [4.78, 5) is 110. The first-order valence-electron chi connectivity index (χ1n) is 29.8. The second-order valence-corrected chi connectivity index (χ2v) is 20.9. The molecular weight excluding hydrogens is 987 g/mol. The molecule has 0 aromatic rings. The summed E-state index contributed by atoms with van der Waals surface area (Å²) in [5.74, 6) is -4.86. The third-order valence-electron chi connectivity index (χ3n) is 14.0. The van der Waals surface area contributed by atoms with Gasteiger partial charge >= 0.3 is 0 Å². The van der Waals surface area contributed by atoms with Gasteiger partial charge in [0.25, 0.3) is 0 Å². The van der Waals surface area contributed by atoms with E-state index in [9.17, 15) is 43.5 Å². The van der Waals surface area contributed by atoms with Crippen LogP contribution in [0.2, 0.25) is 0 Å². The van der Waals surface area contributed by atoms with Gasteiger partial charge in [0.1, 0.15) is 36.3 Å². The molecule has 0 radical (unpaired) electrons. The van der Waals surface area contributed by atoms with E-state index in [0.29, 0.717) is 103 Å². The third kappa shape index (κ3) is 34.9. The summed E-state index contributed by atoms with van der Waals surface area (Å²) in [7, 11) is 0. The van der Waals surface area contributed by atoms with Gasteiger partial charge in [-0.25, -0.2) is 0 Å². The minimum Gasteiger partial charge on any atom is -0.393 e. The van der Waals surface area contributed by atoms with E-state index in [4.69, 9.17) is 28.7 Å². The Hall–Kier alpha value is -4.48. The normalized spacial score (nSPS) is 20.0. The minimum atomic E-state index is -1.22. The predicted octanol–water partition coefficient (Wildman–Crippen LogP) is 1.80. The molecule has 1 rings (SSSR count). The molecule has 8 amide bonds. The summed E-state index contributed by atoms with van der Waals surface area (Å²) in [6.07, 6.45) is 21.3. The number of aliphatic hydroxyl groups is 1. The van der Waals surface area contributed by atoms with Crippen LogP contribution >= 0.6 is 0 Å². The quantitative estimate of drug-likeness (QED) is 0.0390. The molecule has 1 fully saturated rings. The van der Waals surface area contributed by atoms with E-state index < -0.39 is 96.2 Å². The lowest BCUT2D eigenvalue weighted by Crippen LogP contribution is -2.59. The number of nitrogens with two attached hydrogens (primary N) is 5. The van der Waals surface area contributed by atoms with Gasteiger partial charge in [-0.1, -0.05) is 90.4 Å². The van der Waals surface area contributed by atoms with Gasteiger partial charge in [-0.05, 0) is 148 Å². The number of amides is 8. The monoisotopic (exact) mass is 1090 g/mol. The summed E-state index contributed by atoms with van der Waals surface area (Å²) >= 11 is 0. The first kappa shape index (κ1) is 70.5. The summed E-state index contributed by atoms with van der Waals surface area (Å²) < 4.78 is 0. The van der Waals surface area contributed by atoms with Crippen LogP contribution in [-0.2, 0) is 38.4 Å². The number of aliphatic hydroxyl groups excluding tert-OH is 1. The maximum absolute atomic E-state index is 14.3. The first-order valence-corrected chi connectivity index (χ1v) is 29.8. The van der Waals surface area contributed by atoms with E-state index >= 15 is 0 Å². The Morgan fingerprint density at radius 1 is 0.506 bits per heavy atom. The van der Waals surface area contributed by atoms with Gasteiger partial charge in [0.2, 0.25) is 47.3 Å². The average molecular weight is 1090 g/mol. The van der Waals surface area contributed by atoms with Gasteiger partial charge in [0.05, 0.1) is 19.1 Å². The molecule has 0 aromatic heterocycles. The zero-order chi connectivity index (χ0) is 56.9. The SMILES string of the molecule is CCCCCCCCCCCCCCC[C@@H](O)CC(=O)NCC(=O)N[C@@H](CCCN)C(=O)NC1CCCCNC(=O)C(CCCCN)NC(=O)[C@@H](CCCCN)NC(=O)[C@@H](CCCCN)NC(=O)C(CCCCN)NC1=O. The minimum absolute atomic E-state index is 0.0606. The fourth-order valence-corrected chi connectivity index (χ4v) is 9.29. The highest BCUT2D eigenvalue weighted by molar-refractivity contribution is 5.97. The Morgan fingerprint density at radius 2 is 0.922 bits per heavy atom. The van der Waals surface area contributed by atoms with E-state index in [1.807, 2.05) is 0 Å². The molecule has 77 heavy (non-hydrogen) atoms. The molecular formula is C55H107N13O9. The van der Waals surface area contributed by atoms with Crippen molar-refractivity contribution >= 4 is 47.3 Å². The van der Waals surface area contributed by atoms with Crippen molar-refractivity contribution in [2.24, 2.45) is 28.7 Å². The molecule has 7 atom stereocenters. The number of rotatable bonds is 40. The Labute approximate surface area is 461 Å². The molecule has 0 spiro atoms. The molecule has 0 saturated carbocycles. The van der Waals surface area contributed by atoms with Gasteiger partial charge in [-0.2, -0.15) is 0 Å². The highest BCUT2D eigenvalue weighted by Crippen LogP contribution is 2.15. The van der Waals surface area contributed by atoms with Crippen LogP contribution in [0.3, 0.4) is 0 Å². The second kappa shape index (κ2) is 46.4. The largest absolute Gasteiger partial charge is 0.393 e. The Kier molecular flexibility index (Phi) is 42.5. The molecule has 22 heteroatoms. The fourth-order valence-electron chi connectivity index (χ4n) is 9.29. The number of nitrogens with one attached hydrogen (secondary N) is 8. The third-order valence-corrected chi connectivity index (χ3v) is 14.0. The standard InChI is InChI=1S/C55H107N13O9/c1-2-3-4-5-6-7-8-9-10-11-12-13-14-26-41(69)39-48(70)62-40-49(71)63-43(32-25-37-60)51(73)65-47-31-19-24-38-61-50(72)42(27-15-20-33-56)64-52(74)44(28-16-21-34-57)66-53(75)45(29-17-22-35-58)67-54(76)46(68-55(47)77)30-18-23-36-59/h41-47,69H,2-40,56-60H2,1H3,(H,61,72)(H,62,70)(H,63,71)(H,64,74)(H,65,73)(H,66,75)(H,67,76)(H,68,77)/t41-,42?,43+,44-,45-,46?,47?/m1/s1. The van der Waals surface area contributed by atoms with Gasteiger partial charge in [-0.3, -0.25) is 38.4 Å². The van der Waals surface area contributed by atoms with Gasteiger partial charge in [0, 0.05) is 6.54 Å². The van der Waals surface area contributed by atoms with Crippen LogP contribution in [-0.4, -0.2) is 141 Å². The van der Waals surface area contributed by atoms with Crippen molar-refractivity contribution in [3.8, 4) is 0 Å². The van der Waals surface area contributed by atoms with Crippen molar-refractivity contribution < 1.29 is 43.5 Å². The molecule has 446 valence electrons. The van der Waals surface area contributed by atoms with Crippen molar-refractivity contribution in [3.63, 3.8) is 0 Å². The zero-order valence-electron chi connectivity index (χ0n) is 47.2. The van der Waals surface area contributed by atoms with E-state index in [1.165, 1.54) is 57.8 Å². The fraction of sp³-hybridized carbons (Fsp3) is 0.855. The second-order valence-electron chi connectivity index (χ2n) is 20.9. The topological polar surface area (TPSA) is 383 Å². The molecule has 1 saturated heterocycles. The predicted molar refractivity (Wildman–Crippen MR) is 302 cm³/mol. The lowest BCUT2D eigenvalue weighted by atomic mass is 10.0. The van der Waals surface area contributed by atoms with Gasteiger partial charge in [-0.15, -0.1) is 0 Å². The van der Waals surface area contributed by atoms with Crippen LogP contribution in [0, 0.1) is 0 Å². The van der Waals surface area contributed by atoms with Crippen molar-refractivity contribution in [3.05, 3.63) is 0 Å². The molecule has 22 nitrogen and oxygen atoms in total.